The third-order valence-corrected chi connectivity index (χ3v) is 1.75. The molecular weight excluding hydrogens is 150 g/mol. The highest BCUT2D eigenvalue weighted by atomic mass is 15.0. The smallest absolute Gasteiger partial charge is 0.143 e. The summed E-state index contributed by atoms with van der Waals surface area (Å²) in [5.41, 5.74) is 1.23. The van der Waals surface area contributed by atoms with Crippen LogP contribution in [0.25, 0.3) is 0 Å². The minimum Gasteiger partial charge on any atom is -0.265 e. The van der Waals surface area contributed by atoms with E-state index in [1.807, 2.05) is 12.1 Å². The summed E-state index contributed by atoms with van der Waals surface area (Å²) in [6.45, 7) is 0. The predicted molar refractivity (Wildman–Crippen MR) is 48.7 cm³/mol. The highest BCUT2D eigenvalue weighted by Gasteiger charge is 2.05. The largest absolute Gasteiger partial charge is 0.265 e. The maximum atomic E-state index is 4.16. The zero-order chi connectivity index (χ0) is 8.23. The van der Waals surface area contributed by atoms with E-state index < -0.39 is 0 Å². The Balaban J connectivity index is 2.04. The summed E-state index contributed by atoms with van der Waals surface area (Å²) in [5, 5.41) is 0. The van der Waals surface area contributed by atoms with E-state index in [1.165, 1.54) is 5.56 Å². The van der Waals surface area contributed by atoms with Crippen molar-refractivity contribution in [2.75, 3.05) is 0 Å². The molecule has 0 saturated carbocycles. The summed E-state index contributed by atoms with van der Waals surface area (Å²) < 4.78 is 0. The van der Waals surface area contributed by atoms with E-state index >= 15 is 0 Å². The molecule has 0 radical (unpaired) electrons. The fraction of sp³-hybridized carbons (Fsp3) is 0.222. The van der Waals surface area contributed by atoms with Crippen molar-refractivity contribution in [3.8, 4) is 0 Å². The predicted octanol–water partition coefficient (Wildman–Crippen LogP) is 1.11. The summed E-state index contributed by atoms with van der Waals surface area (Å²) in [6.07, 6.45) is 8.02. The quantitative estimate of drug-likeness (QED) is 0.636. The molecule has 1 aromatic rings. The maximum absolute atomic E-state index is 4.16. The molecule has 0 atom stereocenters. The first-order chi connectivity index (χ1) is 5.95. The molecule has 12 heavy (non-hydrogen) atoms. The van der Waals surface area contributed by atoms with E-state index in [4.69, 9.17) is 0 Å². The molecule has 1 aromatic heterocycles. The van der Waals surface area contributed by atoms with E-state index in [2.05, 4.69) is 15.0 Å². The number of hydrogen-bond donors (Lipinski definition) is 0. The minimum absolute atomic E-state index is 0.0902. The Hall–Kier alpha value is -1.51. The summed E-state index contributed by atoms with van der Waals surface area (Å²) in [5.74, 6) is 0. The average molecular weight is 159 g/mol. The molecule has 2 heterocycles. The molecule has 0 bridgehead atoms. The van der Waals surface area contributed by atoms with E-state index in [9.17, 15) is 0 Å². The van der Waals surface area contributed by atoms with Gasteiger partial charge in [0.2, 0.25) is 0 Å². The van der Waals surface area contributed by atoms with Crippen molar-refractivity contribution in [1.29, 1.82) is 0 Å². The van der Waals surface area contributed by atoms with Crippen LogP contribution in [0.2, 0.25) is 0 Å². The van der Waals surface area contributed by atoms with Gasteiger partial charge in [-0.1, -0.05) is 0 Å². The Morgan fingerprint density at radius 2 is 1.75 bits per heavy atom. The van der Waals surface area contributed by atoms with E-state index in [0.717, 1.165) is 6.42 Å². The molecule has 1 aliphatic rings. The summed E-state index contributed by atoms with van der Waals surface area (Å²) in [7, 11) is 0. The van der Waals surface area contributed by atoms with Crippen LogP contribution in [0.15, 0.2) is 34.5 Å². The van der Waals surface area contributed by atoms with Crippen LogP contribution >= 0.6 is 0 Å². The Bertz CT molecular complexity index is 291. The molecule has 0 unspecified atom stereocenters. The average Bonchev–Trinajstić information content (AvgIpc) is 2.59. The zero-order valence-corrected chi connectivity index (χ0v) is 6.59. The molecule has 0 N–H and O–H groups in total. The number of nitrogens with zero attached hydrogens (tertiary/aromatic N) is 3. The fourth-order valence-corrected chi connectivity index (χ4v) is 1.15. The van der Waals surface area contributed by atoms with Gasteiger partial charge in [-0.3, -0.25) is 15.0 Å². The summed E-state index contributed by atoms with van der Waals surface area (Å²) in [6, 6.07) is 3.98. The van der Waals surface area contributed by atoms with Crippen LogP contribution in [-0.4, -0.2) is 23.6 Å². The molecule has 3 heteroatoms. The van der Waals surface area contributed by atoms with Crippen LogP contribution in [0.4, 0.5) is 0 Å². The Kier molecular flexibility index (Phi) is 1.94. The number of hydrogen-bond acceptors (Lipinski definition) is 3. The van der Waals surface area contributed by atoms with Crippen LogP contribution in [-0.2, 0) is 6.42 Å². The first kappa shape index (κ1) is 7.16. The van der Waals surface area contributed by atoms with Gasteiger partial charge in [0.1, 0.15) is 6.17 Å². The monoisotopic (exact) mass is 159 g/mol. The second kappa shape index (κ2) is 3.26. The van der Waals surface area contributed by atoms with Crippen molar-refractivity contribution < 1.29 is 0 Å². The lowest BCUT2D eigenvalue weighted by atomic mass is 10.2. The summed E-state index contributed by atoms with van der Waals surface area (Å²) in [4.78, 5) is 12.3. The van der Waals surface area contributed by atoms with Crippen molar-refractivity contribution in [3.05, 3.63) is 30.1 Å². The number of rotatable bonds is 2. The van der Waals surface area contributed by atoms with Crippen LogP contribution in [0.1, 0.15) is 5.56 Å². The number of aromatic nitrogens is 1. The van der Waals surface area contributed by atoms with Gasteiger partial charge in [-0.25, -0.2) is 0 Å². The highest BCUT2D eigenvalue weighted by Crippen LogP contribution is 2.06. The van der Waals surface area contributed by atoms with Gasteiger partial charge in [0, 0.05) is 31.2 Å². The van der Waals surface area contributed by atoms with Crippen LogP contribution in [0, 0.1) is 0 Å². The molecule has 0 aliphatic carbocycles. The molecule has 60 valence electrons. The Morgan fingerprint density at radius 1 is 1.08 bits per heavy atom. The molecule has 0 spiro atoms. The molecule has 0 saturated heterocycles. The number of aliphatic imine (C=N–C) groups is 2. The van der Waals surface area contributed by atoms with Gasteiger partial charge < -0.3 is 0 Å². The van der Waals surface area contributed by atoms with E-state index in [0.29, 0.717) is 0 Å². The third-order valence-electron chi connectivity index (χ3n) is 1.75. The highest BCUT2D eigenvalue weighted by molar-refractivity contribution is 6.17. The number of pyridine rings is 1. The van der Waals surface area contributed by atoms with Crippen LogP contribution in [0.5, 0.6) is 0 Å². The van der Waals surface area contributed by atoms with Gasteiger partial charge in [-0.15, -0.1) is 0 Å². The van der Waals surface area contributed by atoms with Gasteiger partial charge in [-0.2, -0.15) is 0 Å². The van der Waals surface area contributed by atoms with Gasteiger partial charge in [-0.05, 0) is 17.7 Å². The van der Waals surface area contributed by atoms with Crippen molar-refractivity contribution in [3.63, 3.8) is 0 Å². The SMILES string of the molecule is C1=NC(Cc2ccncc2)N=C1. The van der Waals surface area contributed by atoms with E-state index in [-0.39, 0.29) is 6.17 Å². The molecular formula is C9H9N3. The van der Waals surface area contributed by atoms with Crippen LogP contribution in [0.3, 0.4) is 0 Å². The van der Waals surface area contributed by atoms with Crippen molar-refractivity contribution in [2.24, 2.45) is 9.98 Å². The van der Waals surface area contributed by atoms with Gasteiger partial charge >= 0.3 is 0 Å². The fourth-order valence-electron chi connectivity index (χ4n) is 1.15. The van der Waals surface area contributed by atoms with Gasteiger partial charge in [0.15, 0.2) is 0 Å². The first-order valence-electron chi connectivity index (χ1n) is 3.89. The second-order valence-corrected chi connectivity index (χ2v) is 2.64. The summed E-state index contributed by atoms with van der Waals surface area (Å²) >= 11 is 0. The van der Waals surface area contributed by atoms with Gasteiger partial charge in [0.05, 0.1) is 0 Å². The molecule has 0 aromatic carbocycles. The molecule has 3 nitrogen and oxygen atoms in total. The molecule has 1 aliphatic heterocycles. The Labute approximate surface area is 70.9 Å². The molecule has 2 rings (SSSR count). The van der Waals surface area contributed by atoms with Gasteiger partial charge in [0.25, 0.3) is 0 Å². The normalized spacial score (nSPS) is 15.7. The molecule has 0 fully saturated rings. The lowest BCUT2D eigenvalue weighted by Crippen LogP contribution is -2.01. The maximum Gasteiger partial charge on any atom is 0.143 e. The zero-order valence-electron chi connectivity index (χ0n) is 6.59. The van der Waals surface area contributed by atoms with E-state index in [1.54, 1.807) is 24.8 Å². The lowest BCUT2D eigenvalue weighted by Gasteiger charge is -2.02. The second-order valence-electron chi connectivity index (χ2n) is 2.64. The van der Waals surface area contributed by atoms with Crippen molar-refractivity contribution in [1.82, 2.24) is 4.98 Å². The topological polar surface area (TPSA) is 37.6 Å². The van der Waals surface area contributed by atoms with Crippen LogP contribution < -0.4 is 0 Å². The third kappa shape index (κ3) is 1.56. The van der Waals surface area contributed by atoms with Crippen molar-refractivity contribution >= 4 is 12.4 Å². The first-order valence-corrected chi connectivity index (χ1v) is 3.89. The lowest BCUT2D eigenvalue weighted by molar-refractivity contribution is 0.725. The standard InChI is InChI=1S/C9H9N3/c1-3-10-4-2-8(1)7-9-11-5-6-12-9/h1-6,9H,7H2. The molecule has 0 amide bonds. The Morgan fingerprint density at radius 3 is 2.42 bits per heavy atom. The minimum atomic E-state index is 0.0902. The van der Waals surface area contributed by atoms with Crippen molar-refractivity contribution in [2.45, 2.75) is 12.6 Å².